The molecule has 4 rings (SSSR count). The van der Waals surface area contributed by atoms with Gasteiger partial charge in [-0.2, -0.15) is 0 Å². The van der Waals surface area contributed by atoms with Crippen LogP contribution in [-0.4, -0.2) is 61.7 Å². The number of carbonyl (C=O) groups is 2. The average Bonchev–Trinajstić information content (AvgIpc) is 3.32. The minimum absolute atomic E-state index is 0.122. The van der Waals surface area contributed by atoms with Crippen molar-refractivity contribution >= 4 is 38.5 Å². The predicted molar refractivity (Wildman–Crippen MR) is 105 cm³/mol. The van der Waals surface area contributed by atoms with Crippen molar-refractivity contribution in [2.24, 2.45) is 0 Å². The van der Waals surface area contributed by atoms with Crippen molar-refractivity contribution in [1.82, 2.24) is 9.88 Å². The van der Waals surface area contributed by atoms with Crippen LogP contribution in [0.1, 0.15) is 30.9 Å². The number of benzene rings is 1. The first-order valence-electron chi connectivity index (χ1n) is 9.40. The third-order valence-corrected chi connectivity index (χ3v) is 5.97. The van der Waals surface area contributed by atoms with Crippen LogP contribution in [0.25, 0.3) is 10.2 Å². The third-order valence-electron chi connectivity index (χ3n) is 4.95. The van der Waals surface area contributed by atoms with E-state index < -0.39 is 0 Å². The molecule has 2 saturated heterocycles. The normalized spacial score (nSPS) is 20.0. The molecule has 2 aliphatic rings. The molecule has 1 atom stereocenters. The van der Waals surface area contributed by atoms with Crippen molar-refractivity contribution in [1.29, 1.82) is 0 Å². The molecule has 2 amide bonds. The van der Waals surface area contributed by atoms with E-state index in [1.54, 1.807) is 12.0 Å². The summed E-state index contributed by atoms with van der Waals surface area (Å²) in [5, 5.41) is 3.36. The van der Waals surface area contributed by atoms with Crippen LogP contribution in [0, 0.1) is 0 Å². The number of amides is 2. The van der Waals surface area contributed by atoms with Gasteiger partial charge in [0, 0.05) is 31.5 Å². The molecule has 2 fully saturated rings. The van der Waals surface area contributed by atoms with E-state index in [-0.39, 0.29) is 24.3 Å². The number of hydrogen-bond acceptors (Lipinski definition) is 7. The molecule has 150 valence electrons. The number of thiazole rings is 1. The van der Waals surface area contributed by atoms with Crippen LogP contribution < -0.4 is 10.1 Å². The molecule has 0 saturated carbocycles. The first-order valence-corrected chi connectivity index (χ1v) is 10.2. The van der Waals surface area contributed by atoms with Gasteiger partial charge in [-0.25, -0.2) is 4.98 Å². The van der Waals surface area contributed by atoms with Crippen molar-refractivity contribution in [2.75, 3.05) is 45.3 Å². The van der Waals surface area contributed by atoms with Crippen LogP contribution in [0.4, 0.5) is 5.13 Å². The van der Waals surface area contributed by atoms with Crippen LogP contribution in [0.5, 0.6) is 5.75 Å². The Kier molecular flexibility index (Phi) is 5.74. The SMILES string of the molecule is COc1ccc(C2COCCO2)c2sc(NC(=O)CCN3CCCC3=O)nc12. The van der Waals surface area contributed by atoms with Crippen LogP contribution in [0.2, 0.25) is 0 Å². The lowest BCUT2D eigenvalue weighted by Crippen LogP contribution is -2.28. The lowest BCUT2D eigenvalue weighted by atomic mass is 10.1. The van der Waals surface area contributed by atoms with E-state index in [4.69, 9.17) is 14.2 Å². The van der Waals surface area contributed by atoms with Crippen molar-refractivity contribution < 1.29 is 23.8 Å². The molecule has 8 nitrogen and oxygen atoms in total. The van der Waals surface area contributed by atoms with Gasteiger partial charge in [0.2, 0.25) is 11.8 Å². The zero-order chi connectivity index (χ0) is 19.5. The van der Waals surface area contributed by atoms with E-state index in [2.05, 4.69) is 10.3 Å². The molecule has 9 heteroatoms. The first-order chi connectivity index (χ1) is 13.7. The van der Waals surface area contributed by atoms with E-state index in [0.717, 1.165) is 23.2 Å². The Balaban J connectivity index is 1.51. The van der Waals surface area contributed by atoms with Gasteiger partial charge in [0.05, 0.1) is 31.6 Å². The summed E-state index contributed by atoms with van der Waals surface area (Å²) in [5.74, 6) is 0.614. The van der Waals surface area contributed by atoms with Gasteiger partial charge in [-0.1, -0.05) is 17.4 Å². The summed E-state index contributed by atoms with van der Waals surface area (Å²) >= 11 is 1.39. The zero-order valence-corrected chi connectivity index (χ0v) is 16.5. The predicted octanol–water partition coefficient (Wildman–Crippen LogP) is 2.34. The van der Waals surface area contributed by atoms with Crippen LogP contribution in [0.15, 0.2) is 12.1 Å². The summed E-state index contributed by atoms with van der Waals surface area (Å²) in [4.78, 5) is 30.3. The molecule has 0 aliphatic carbocycles. The molecular weight excluding hydrogens is 382 g/mol. The highest BCUT2D eigenvalue weighted by Gasteiger charge is 2.24. The maximum absolute atomic E-state index is 12.3. The first kappa shape index (κ1) is 19.1. The number of aromatic nitrogens is 1. The van der Waals surface area contributed by atoms with Crippen molar-refractivity contribution in [2.45, 2.75) is 25.4 Å². The van der Waals surface area contributed by atoms with Crippen LogP contribution in [0.3, 0.4) is 0 Å². The Hall–Kier alpha value is -2.23. The number of rotatable bonds is 6. The van der Waals surface area contributed by atoms with Crippen LogP contribution >= 0.6 is 11.3 Å². The summed E-state index contributed by atoms with van der Waals surface area (Å²) in [6.45, 7) is 2.81. The Morgan fingerprint density at radius 2 is 2.32 bits per heavy atom. The molecule has 1 N–H and O–H groups in total. The molecule has 1 unspecified atom stereocenters. The fraction of sp³-hybridized carbons (Fsp3) is 0.526. The summed E-state index contributed by atoms with van der Waals surface area (Å²) in [6.07, 6.45) is 1.54. The van der Waals surface area contributed by atoms with E-state index >= 15 is 0 Å². The number of nitrogens with one attached hydrogen (secondary N) is 1. The average molecular weight is 405 g/mol. The highest BCUT2D eigenvalue weighted by atomic mass is 32.1. The van der Waals surface area contributed by atoms with Gasteiger partial charge in [-0.3, -0.25) is 9.59 Å². The van der Waals surface area contributed by atoms with Gasteiger partial charge in [0.1, 0.15) is 17.4 Å². The fourth-order valence-corrected chi connectivity index (χ4v) is 4.56. The maximum atomic E-state index is 12.3. The number of anilines is 1. The number of likely N-dealkylation sites (tertiary alicyclic amines) is 1. The maximum Gasteiger partial charge on any atom is 0.227 e. The van der Waals surface area contributed by atoms with Gasteiger partial charge in [-0.05, 0) is 12.5 Å². The topological polar surface area (TPSA) is 90.0 Å². The molecule has 1 aromatic heterocycles. The second-order valence-corrected chi connectivity index (χ2v) is 7.77. The minimum Gasteiger partial charge on any atom is -0.494 e. The number of methoxy groups -OCH3 is 1. The lowest BCUT2D eigenvalue weighted by Gasteiger charge is -2.23. The van der Waals surface area contributed by atoms with Gasteiger partial charge in [0.15, 0.2) is 5.13 Å². The van der Waals surface area contributed by atoms with E-state index in [9.17, 15) is 9.59 Å². The van der Waals surface area contributed by atoms with Crippen LogP contribution in [-0.2, 0) is 19.1 Å². The van der Waals surface area contributed by atoms with Crippen molar-refractivity contribution in [3.05, 3.63) is 17.7 Å². The minimum atomic E-state index is -0.160. The largest absolute Gasteiger partial charge is 0.494 e. The quantitative estimate of drug-likeness (QED) is 0.793. The second kappa shape index (κ2) is 8.42. The summed E-state index contributed by atoms with van der Waals surface area (Å²) in [6, 6.07) is 3.82. The smallest absolute Gasteiger partial charge is 0.227 e. The highest BCUT2D eigenvalue weighted by Crippen LogP contribution is 2.39. The third kappa shape index (κ3) is 3.96. The Labute approximate surface area is 166 Å². The molecular formula is C19H23N3O5S. The van der Waals surface area contributed by atoms with Gasteiger partial charge in [0.25, 0.3) is 0 Å². The monoisotopic (exact) mass is 405 g/mol. The molecule has 1 aromatic carbocycles. The van der Waals surface area contributed by atoms with Crippen molar-refractivity contribution in [3.63, 3.8) is 0 Å². The molecule has 0 radical (unpaired) electrons. The molecule has 3 heterocycles. The molecule has 2 aromatic rings. The Morgan fingerprint density at radius 1 is 1.43 bits per heavy atom. The zero-order valence-electron chi connectivity index (χ0n) is 15.7. The van der Waals surface area contributed by atoms with Crippen molar-refractivity contribution in [3.8, 4) is 5.75 Å². The van der Waals surface area contributed by atoms with Gasteiger partial charge >= 0.3 is 0 Å². The number of hydrogen-bond donors (Lipinski definition) is 1. The summed E-state index contributed by atoms with van der Waals surface area (Å²) < 4.78 is 17.7. The Morgan fingerprint density at radius 3 is 3.04 bits per heavy atom. The number of fused-ring (bicyclic) bond motifs is 1. The molecule has 0 bridgehead atoms. The van der Waals surface area contributed by atoms with E-state index in [0.29, 0.717) is 49.2 Å². The van der Waals surface area contributed by atoms with E-state index in [1.807, 2.05) is 12.1 Å². The summed E-state index contributed by atoms with van der Waals surface area (Å²) in [5.41, 5.74) is 1.68. The number of nitrogens with zero attached hydrogens (tertiary/aromatic N) is 2. The number of ether oxygens (including phenoxy) is 3. The standard InChI is InChI=1S/C19H23N3O5S/c1-25-13-5-4-12(14-11-26-9-10-27-14)18-17(13)21-19(28-18)20-15(23)6-8-22-7-2-3-16(22)24/h4-5,14H,2-3,6-11H2,1H3,(H,20,21,23). The van der Waals surface area contributed by atoms with E-state index in [1.165, 1.54) is 11.3 Å². The molecule has 0 spiro atoms. The fourth-order valence-electron chi connectivity index (χ4n) is 3.50. The highest BCUT2D eigenvalue weighted by molar-refractivity contribution is 7.22. The summed E-state index contributed by atoms with van der Waals surface area (Å²) in [7, 11) is 1.60. The number of carbonyl (C=O) groups excluding carboxylic acids is 2. The molecule has 2 aliphatic heterocycles. The van der Waals surface area contributed by atoms with Gasteiger partial charge in [-0.15, -0.1) is 0 Å². The lowest BCUT2D eigenvalue weighted by molar-refractivity contribution is -0.128. The molecule has 28 heavy (non-hydrogen) atoms. The Bertz CT molecular complexity index is 878. The second-order valence-electron chi connectivity index (χ2n) is 6.77. The van der Waals surface area contributed by atoms with Gasteiger partial charge < -0.3 is 24.4 Å².